The normalized spacial score (nSPS) is 11.1. The van der Waals surface area contributed by atoms with Crippen LogP contribution in [0.15, 0.2) is 59.6 Å². The zero-order valence-electron chi connectivity index (χ0n) is 17.8. The van der Waals surface area contributed by atoms with Gasteiger partial charge in [0.25, 0.3) is 5.91 Å². The zero-order chi connectivity index (χ0) is 21.4. The van der Waals surface area contributed by atoms with Crippen molar-refractivity contribution in [1.29, 1.82) is 0 Å². The lowest BCUT2D eigenvalue weighted by Gasteiger charge is -2.12. The fourth-order valence-electron chi connectivity index (χ4n) is 2.65. The van der Waals surface area contributed by atoms with Crippen molar-refractivity contribution in [2.45, 2.75) is 27.0 Å². The van der Waals surface area contributed by atoms with Gasteiger partial charge in [-0.05, 0) is 37.1 Å². The molecule has 0 fully saturated rings. The summed E-state index contributed by atoms with van der Waals surface area (Å²) in [5, 5.41) is 9.21. The van der Waals surface area contributed by atoms with Gasteiger partial charge >= 0.3 is 0 Å². The van der Waals surface area contributed by atoms with Gasteiger partial charge in [-0.15, -0.1) is 0 Å². The highest BCUT2D eigenvalue weighted by Crippen LogP contribution is 2.14. The molecule has 0 saturated heterocycles. The number of guanidine groups is 1. The molecule has 0 aliphatic heterocycles. The van der Waals surface area contributed by atoms with E-state index in [4.69, 9.17) is 9.47 Å². The van der Waals surface area contributed by atoms with E-state index in [-0.39, 0.29) is 12.5 Å². The van der Waals surface area contributed by atoms with Crippen LogP contribution in [-0.2, 0) is 22.7 Å². The molecule has 0 unspecified atom stereocenters. The molecule has 0 aromatic heterocycles. The molecule has 0 radical (unpaired) electrons. The molecular weight excluding hydrogens is 380 g/mol. The molecule has 2 aromatic rings. The van der Waals surface area contributed by atoms with Crippen LogP contribution < -0.4 is 20.7 Å². The fourth-order valence-corrected chi connectivity index (χ4v) is 2.65. The van der Waals surface area contributed by atoms with E-state index >= 15 is 0 Å². The number of amides is 1. The summed E-state index contributed by atoms with van der Waals surface area (Å²) in [6.45, 7) is 7.62. The largest absolute Gasteiger partial charge is 0.484 e. The summed E-state index contributed by atoms with van der Waals surface area (Å²) >= 11 is 0. The summed E-state index contributed by atoms with van der Waals surface area (Å²) in [5.41, 5.74) is 2.16. The smallest absolute Gasteiger partial charge is 0.257 e. The molecule has 7 heteroatoms. The van der Waals surface area contributed by atoms with Crippen LogP contribution in [0.1, 0.15) is 25.0 Å². The van der Waals surface area contributed by atoms with Gasteiger partial charge in [0.1, 0.15) is 5.75 Å². The Kier molecular flexibility index (Phi) is 10.8. The topological polar surface area (TPSA) is 84.0 Å². The minimum absolute atomic E-state index is 0.00768. The first-order chi connectivity index (χ1) is 14.7. The Balaban J connectivity index is 1.77. The number of benzene rings is 2. The van der Waals surface area contributed by atoms with Crippen molar-refractivity contribution in [3.05, 3.63) is 65.7 Å². The molecule has 0 heterocycles. The van der Waals surface area contributed by atoms with Crippen LogP contribution in [0, 0.1) is 0 Å². The summed E-state index contributed by atoms with van der Waals surface area (Å²) in [7, 11) is 0. The van der Waals surface area contributed by atoms with Crippen LogP contribution in [0.25, 0.3) is 0 Å². The SMILES string of the molecule is CCNC(=O)COc1cccc(CN=C(NCC)NCCOCc2ccccc2)c1. The standard InChI is InChI=1S/C23H32N4O3/c1-3-24-22(28)18-30-21-12-8-11-20(15-21)16-27-23(25-4-2)26-13-14-29-17-19-9-6-5-7-10-19/h5-12,15H,3-4,13-14,16-18H2,1-2H3,(H,24,28)(H2,25,26,27). The van der Waals surface area contributed by atoms with Gasteiger partial charge in [-0.25, -0.2) is 4.99 Å². The maximum Gasteiger partial charge on any atom is 0.257 e. The first kappa shape index (κ1) is 23.2. The lowest BCUT2D eigenvalue weighted by atomic mass is 10.2. The fraction of sp³-hybridized carbons (Fsp3) is 0.391. The highest BCUT2D eigenvalue weighted by Gasteiger charge is 2.03. The molecular formula is C23H32N4O3. The second-order valence-electron chi connectivity index (χ2n) is 6.55. The molecule has 0 aliphatic rings. The number of nitrogens with one attached hydrogen (secondary N) is 3. The number of ether oxygens (including phenoxy) is 2. The Hall–Kier alpha value is -3.06. The third-order valence-electron chi connectivity index (χ3n) is 4.06. The van der Waals surface area contributed by atoms with E-state index in [1.54, 1.807) is 0 Å². The third-order valence-corrected chi connectivity index (χ3v) is 4.06. The van der Waals surface area contributed by atoms with Gasteiger partial charge in [0.2, 0.25) is 0 Å². The van der Waals surface area contributed by atoms with E-state index in [1.807, 2.05) is 68.4 Å². The van der Waals surface area contributed by atoms with Crippen molar-refractivity contribution >= 4 is 11.9 Å². The van der Waals surface area contributed by atoms with E-state index in [2.05, 4.69) is 20.9 Å². The summed E-state index contributed by atoms with van der Waals surface area (Å²) in [4.78, 5) is 16.1. The molecule has 2 aromatic carbocycles. The van der Waals surface area contributed by atoms with Gasteiger partial charge in [0.15, 0.2) is 12.6 Å². The minimum atomic E-state index is -0.131. The number of hydrogen-bond donors (Lipinski definition) is 3. The molecule has 0 saturated carbocycles. The van der Waals surface area contributed by atoms with E-state index < -0.39 is 0 Å². The Morgan fingerprint density at radius 1 is 0.933 bits per heavy atom. The van der Waals surface area contributed by atoms with Crippen molar-refractivity contribution < 1.29 is 14.3 Å². The molecule has 0 aliphatic carbocycles. The quantitative estimate of drug-likeness (QED) is 0.283. The van der Waals surface area contributed by atoms with Crippen LogP contribution in [0.4, 0.5) is 0 Å². The van der Waals surface area contributed by atoms with E-state index in [0.29, 0.717) is 38.6 Å². The van der Waals surface area contributed by atoms with E-state index in [1.165, 1.54) is 0 Å². The van der Waals surface area contributed by atoms with E-state index in [9.17, 15) is 4.79 Å². The molecule has 1 amide bonds. The molecule has 162 valence electrons. The number of aliphatic imine (C=N–C) groups is 1. The molecule has 0 atom stereocenters. The van der Waals surface area contributed by atoms with Gasteiger partial charge in [-0.3, -0.25) is 4.79 Å². The lowest BCUT2D eigenvalue weighted by Crippen LogP contribution is -2.38. The van der Waals surface area contributed by atoms with E-state index in [0.717, 1.165) is 23.6 Å². The van der Waals surface area contributed by atoms with Crippen LogP contribution in [0.3, 0.4) is 0 Å². The highest BCUT2D eigenvalue weighted by molar-refractivity contribution is 5.79. The predicted octanol–water partition coefficient (Wildman–Crippen LogP) is 2.47. The zero-order valence-corrected chi connectivity index (χ0v) is 17.8. The molecule has 0 bridgehead atoms. The summed E-state index contributed by atoms with van der Waals surface area (Å²) in [5.74, 6) is 1.25. The maximum atomic E-state index is 11.5. The van der Waals surface area contributed by atoms with Crippen molar-refractivity contribution in [1.82, 2.24) is 16.0 Å². The molecule has 0 spiro atoms. The van der Waals surface area contributed by atoms with Gasteiger partial charge < -0.3 is 25.4 Å². The predicted molar refractivity (Wildman–Crippen MR) is 120 cm³/mol. The van der Waals surface area contributed by atoms with Crippen molar-refractivity contribution in [2.24, 2.45) is 4.99 Å². The molecule has 2 rings (SSSR count). The van der Waals surface area contributed by atoms with Crippen LogP contribution in [0.5, 0.6) is 5.75 Å². The number of carbonyl (C=O) groups excluding carboxylic acids is 1. The summed E-state index contributed by atoms with van der Waals surface area (Å²) in [6.07, 6.45) is 0. The second kappa shape index (κ2) is 14.0. The molecule has 7 nitrogen and oxygen atoms in total. The van der Waals surface area contributed by atoms with Crippen molar-refractivity contribution in [2.75, 3.05) is 32.8 Å². The van der Waals surface area contributed by atoms with Crippen LogP contribution in [0.2, 0.25) is 0 Å². The number of hydrogen-bond acceptors (Lipinski definition) is 4. The van der Waals surface area contributed by atoms with Crippen LogP contribution in [-0.4, -0.2) is 44.7 Å². The number of carbonyl (C=O) groups is 1. The minimum Gasteiger partial charge on any atom is -0.484 e. The molecule has 30 heavy (non-hydrogen) atoms. The number of nitrogens with zero attached hydrogens (tertiary/aromatic N) is 1. The number of rotatable bonds is 12. The average molecular weight is 413 g/mol. The Bertz CT molecular complexity index is 781. The van der Waals surface area contributed by atoms with Crippen molar-refractivity contribution in [3.63, 3.8) is 0 Å². The van der Waals surface area contributed by atoms with Gasteiger partial charge in [0, 0.05) is 19.6 Å². The third kappa shape index (κ3) is 9.43. The first-order valence-corrected chi connectivity index (χ1v) is 10.3. The Labute approximate surface area is 178 Å². The summed E-state index contributed by atoms with van der Waals surface area (Å²) < 4.78 is 11.2. The average Bonchev–Trinajstić information content (AvgIpc) is 2.77. The first-order valence-electron chi connectivity index (χ1n) is 10.3. The highest BCUT2D eigenvalue weighted by atomic mass is 16.5. The molecule has 3 N–H and O–H groups in total. The maximum absolute atomic E-state index is 11.5. The van der Waals surface area contributed by atoms with Gasteiger partial charge in [0.05, 0.1) is 19.8 Å². The summed E-state index contributed by atoms with van der Waals surface area (Å²) in [6, 6.07) is 17.7. The van der Waals surface area contributed by atoms with Gasteiger partial charge in [-0.1, -0.05) is 42.5 Å². The lowest BCUT2D eigenvalue weighted by molar-refractivity contribution is -0.122. The van der Waals surface area contributed by atoms with Gasteiger partial charge in [-0.2, -0.15) is 0 Å². The number of likely N-dealkylation sites (N-methyl/N-ethyl adjacent to an activating group) is 1. The monoisotopic (exact) mass is 412 g/mol. The van der Waals surface area contributed by atoms with Crippen molar-refractivity contribution in [3.8, 4) is 5.75 Å². The Morgan fingerprint density at radius 3 is 2.47 bits per heavy atom. The Morgan fingerprint density at radius 2 is 1.70 bits per heavy atom. The second-order valence-corrected chi connectivity index (χ2v) is 6.55. The van der Waals surface area contributed by atoms with Crippen LogP contribution >= 0.6 is 0 Å².